The third kappa shape index (κ3) is 4.27. The first-order valence-corrected chi connectivity index (χ1v) is 10.5. The highest BCUT2D eigenvalue weighted by molar-refractivity contribution is 5.76. The Hall–Kier alpha value is -2.20. The first-order chi connectivity index (χ1) is 13.6. The van der Waals surface area contributed by atoms with Crippen molar-refractivity contribution in [3.8, 4) is 12.3 Å². The molecule has 0 bridgehead atoms. The predicted molar refractivity (Wildman–Crippen MR) is 106 cm³/mol. The van der Waals surface area contributed by atoms with Crippen LogP contribution in [-0.2, 0) is 11.8 Å². The van der Waals surface area contributed by atoms with E-state index in [0.717, 1.165) is 19.4 Å². The van der Waals surface area contributed by atoms with E-state index >= 15 is 0 Å². The Labute approximate surface area is 167 Å². The summed E-state index contributed by atoms with van der Waals surface area (Å²) >= 11 is 0. The number of nitrogens with one attached hydrogen (secondary N) is 1. The summed E-state index contributed by atoms with van der Waals surface area (Å²) in [6, 6.07) is 1.04. The van der Waals surface area contributed by atoms with Gasteiger partial charge in [0.1, 0.15) is 0 Å². The molecule has 1 saturated carbocycles. The lowest BCUT2D eigenvalue weighted by molar-refractivity contribution is -0.121. The molecule has 2 fully saturated rings. The van der Waals surface area contributed by atoms with Crippen LogP contribution in [0, 0.1) is 18.3 Å². The lowest BCUT2D eigenvalue weighted by atomic mass is 9.86. The van der Waals surface area contributed by atoms with Crippen LogP contribution in [0.5, 0.6) is 0 Å². The maximum absolute atomic E-state index is 12.5. The van der Waals surface area contributed by atoms with Crippen molar-refractivity contribution in [2.75, 3.05) is 13.1 Å². The second kappa shape index (κ2) is 8.04. The largest absolute Gasteiger partial charge is 0.356 e. The highest BCUT2D eigenvalue weighted by Crippen LogP contribution is 2.42. The molecule has 2 aliphatic heterocycles. The number of piperidine rings is 1. The maximum atomic E-state index is 12.5. The molecular weight excluding hydrogens is 352 g/mol. The van der Waals surface area contributed by atoms with Crippen molar-refractivity contribution in [2.45, 2.75) is 69.1 Å². The van der Waals surface area contributed by atoms with Crippen molar-refractivity contribution in [1.82, 2.24) is 19.8 Å². The molecule has 0 unspecified atom stereocenters. The van der Waals surface area contributed by atoms with E-state index in [-0.39, 0.29) is 11.6 Å². The van der Waals surface area contributed by atoms with Crippen LogP contribution in [0.4, 0.5) is 0 Å². The van der Waals surface area contributed by atoms with E-state index in [0.29, 0.717) is 43.8 Å². The summed E-state index contributed by atoms with van der Waals surface area (Å²) in [5.41, 5.74) is 0.879. The Morgan fingerprint density at radius 2 is 2.18 bits per heavy atom. The molecule has 150 valence electrons. The van der Waals surface area contributed by atoms with Gasteiger partial charge in [0.15, 0.2) is 5.66 Å². The van der Waals surface area contributed by atoms with Gasteiger partial charge in [-0.15, -0.1) is 12.3 Å². The Morgan fingerprint density at radius 1 is 1.36 bits per heavy atom. The smallest absolute Gasteiger partial charge is 0.220 e. The van der Waals surface area contributed by atoms with E-state index in [4.69, 9.17) is 6.42 Å². The number of terminal acetylenes is 1. The molecule has 0 radical (unpaired) electrons. The molecule has 0 spiro atoms. The number of amides is 1. The number of hydrogen-bond acceptors (Lipinski definition) is 5. The van der Waals surface area contributed by atoms with Crippen LogP contribution in [-0.4, -0.2) is 45.2 Å². The van der Waals surface area contributed by atoms with E-state index in [2.05, 4.69) is 43.0 Å². The predicted octanol–water partition coefficient (Wildman–Crippen LogP) is 2.81. The summed E-state index contributed by atoms with van der Waals surface area (Å²) < 4.78 is 2.13. The lowest BCUT2D eigenvalue weighted by Crippen LogP contribution is -2.45. The molecule has 3 heterocycles. The molecule has 3 aliphatic rings. The molecule has 7 nitrogen and oxygen atoms in total. The van der Waals surface area contributed by atoms with Crippen molar-refractivity contribution < 1.29 is 4.79 Å². The van der Waals surface area contributed by atoms with Crippen LogP contribution in [0.3, 0.4) is 0 Å². The number of aryl methyl sites for hydroxylation is 1. The average molecular weight is 383 g/mol. The first-order valence-electron chi connectivity index (χ1n) is 10.5. The third-order valence-electron chi connectivity index (χ3n) is 6.33. The Balaban J connectivity index is 1.33. The number of nitrogens with zero attached hydrogens (tertiary/aromatic N) is 5. The van der Waals surface area contributed by atoms with Crippen molar-refractivity contribution in [3.05, 3.63) is 18.2 Å². The zero-order chi connectivity index (χ0) is 19.6. The zero-order valence-corrected chi connectivity index (χ0v) is 16.7. The van der Waals surface area contributed by atoms with Crippen LogP contribution >= 0.6 is 0 Å². The Kier molecular flexibility index (Phi) is 5.49. The van der Waals surface area contributed by atoms with Gasteiger partial charge in [-0.3, -0.25) is 9.69 Å². The van der Waals surface area contributed by atoms with Crippen LogP contribution < -0.4 is 5.32 Å². The van der Waals surface area contributed by atoms with Crippen molar-refractivity contribution in [1.29, 1.82) is 0 Å². The maximum Gasteiger partial charge on any atom is 0.220 e. The number of hydrogen-bond donors (Lipinski definition) is 1. The van der Waals surface area contributed by atoms with Crippen molar-refractivity contribution >= 4 is 5.91 Å². The van der Waals surface area contributed by atoms with Crippen molar-refractivity contribution in [2.24, 2.45) is 23.2 Å². The summed E-state index contributed by atoms with van der Waals surface area (Å²) in [4.78, 5) is 19.4. The van der Waals surface area contributed by atoms with Crippen molar-refractivity contribution in [3.63, 3.8) is 0 Å². The summed E-state index contributed by atoms with van der Waals surface area (Å²) in [5, 5.41) is 11.4. The lowest BCUT2D eigenvalue weighted by Gasteiger charge is -2.41. The fourth-order valence-electron chi connectivity index (χ4n) is 4.51. The minimum absolute atomic E-state index is 0.0877. The topological polar surface area (TPSA) is 74.9 Å². The third-order valence-corrected chi connectivity index (χ3v) is 6.33. The van der Waals surface area contributed by atoms with Gasteiger partial charge in [0.05, 0.1) is 18.1 Å². The van der Waals surface area contributed by atoms with E-state index < -0.39 is 0 Å². The summed E-state index contributed by atoms with van der Waals surface area (Å²) in [6.45, 7) is 1.86. The van der Waals surface area contributed by atoms with Crippen LogP contribution in [0.15, 0.2) is 22.8 Å². The summed E-state index contributed by atoms with van der Waals surface area (Å²) in [6.07, 6.45) is 16.6. The Morgan fingerprint density at radius 3 is 2.82 bits per heavy atom. The number of likely N-dealkylation sites (tertiary alicyclic amines) is 1. The molecule has 1 aromatic heterocycles. The second-order valence-corrected chi connectivity index (χ2v) is 8.44. The highest BCUT2D eigenvalue weighted by Gasteiger charge is 2.42. The van der Waals surface area contributed by atoms with E-state index in [1.165, 1.54) is 25.0 Å². The molecule has 1 saturated heterocycles. The molecule has 28 heavy (non-hydrogen) atoms. The van der Waals surface area contributed by atoms with Crippen LogP contribution in [0.1, 0.15) is 63.1 Å². The SMILES string of the molecule is C#CCCC1(CCC(=O)NC[C@H]2CCCN(C3CC3)[C@@H]2c2cncn2C)N=N1. The van der Waals surface area contributed by atoms with E-state index in [1.807, 2.05) is 12.5 Å². The number of rotatable bonds is 9. The zero-order valence-electron chi connectivity index (χ0n) is 16.7. The van der Waals surface area contributed by atoms with Gasteiger partial charge in [-0.25, -0.2) is 4.98 Å². The molecule has 1 aliphatic carbocycles. The molecule has 7 heteroatoms. The molecule has 0 aromatic carbocycles. The number of carbonyl (C=O) groups excluding carboxylic acids is 1. The molecule has 2 atom stereocenters. The van der Waals surface area contributed by atoms with Gasteiger partial charge in [-0.2, -0.15) is 10.2 Å². The number of imidazole rings is 1. The summed E-state index contributed by atoms with van der Waals surface area (Å²) in [5.74, 6) is 3.13. The quantitative estimate of drug-likeness (QED) is 0.667. The van der Waals surface area contributed by atoms with Gasteiger partial charge >= 0.3 is 0 Å². The van der Waals surface area contributed by atoms with Gasteiger partial charge in [0.2, 0.25) is 5.91 Å². The van der Waals surface area contributed by atoms with Gasteiger partial charge in [-0.05, 0) is 38.1 Å². The average Bonchev–Trinajstić information content (AvgIpc) is 3.63. The van der Waals surface area contributed by atoms with Gasteiger partial charge in [-0.1, -0.05) is 0 Å². The monoisotopic (exact) mass is 382 g/mol. The minimum Gasteiger partial charge on any atom is -0.356 e. The van der Waals surface area contributed by atoms with Crippen LogP contribution in [0.25, 0.3) is 0 Å². The number of aromatic nitrogens is 2. The standard InChI is InChI=1S/C21H30N6O/c1-3-4-10-21(24-25-21)11-9-19(28)23-13-16-6-5-12-27(17-7-8-17)20(16)18-14-22-15-26(18)2/h1,14-17,20H,4-13H2,2H3,(H,23,28)/t16-,20+/m1/s1. The number of carbonyl (C=O) groups is 1. The van der Waals surface area contributed by atoms with E-state index in [9.17, 15) is 4.79 Å². The minimum atomic E-state index is -0.380. The second-order valence-electron chi connectivity index (χ2n) is 8.44. The highest BCUT2D eigenvalue weighted by atomic mass is 16.1. The van der Waals surface area contributed by atoms with Crippen LogP contribution in [0.2, 0.25) is 0 Å². The molecule has 1 aromatic rings. The fourth-order valence-corrected chi connectivity index (χ4v) is 4.51. The molecule has 1 amide bonds. The van der Waals surface area contributed by atoms with Gasteiger partial charge in [0.25, 0.3) is 0 Å². The molecular formula is C21H30N6O. The van der Waals surface area contributed by atoms with Gasteiger partial charge in [0, 0.05) is 51.5 Å². The first kappa shape index (κ1) is 19.1. The summed E-state index contributed by atoms with van der Waals surface area (Å²) in [7, 11) is 2.07. The molecule has 4 rings (SSSR count). The normalized spacial score (nSPS) is 26.0. The molecule has 1 N–H and O–H groups in total. The fraction of sp³-hybridized carbons (Fsp3) is 0.714. The van der Waals surface area contributed by atoms with Gasteiger partial charge < -0.3 is 9.88 Å². The Bertz CT molecular complexity index is 768. The van der Waals surface area contributed by atoms with E-state index in [1.54, 1.807) is 0 Å².